The van der Waals surface area contributed by atoms with Crippen molar-refractivity contribution in [2.45, 2.75) is 32.9 Å². The van der Waals surface area contributed by atoms with Crippen LogP contribution in [0.25, 0.3) is 0 Å². The number of primary amides is 1. The van der Waals surface area contributed by atoms with Gasteiger partial charge in [-0.25, -0.2) is 0 Å². The van der Waals surface area contributed by atoms with Crippen molar-refractivity contribution in [3.05, 3.63) is 23.2 Å². The monoisotopic (exact) mass is 225 g/mol. The summed E-state index contributed by atoms with van der Waals surface area (Å²) in [4.78, 5) is 10.8. The standard InChI is InChI=1S/C11H19N3O2/c1-6-4-9(8(3)16-6)7(2)14-5-10(12)11(13)15/h4,7,10,14H,5,12H2,1-3H3,(H2,13,15). The van der Waals surface area contributed by atoms with E-state index < -0.39 is 11.9 Å². The maximum Gasteiger partial charge on any atom is 0.235 e. The SMILES string of the molecule is Cc1cc(C(C)NCC(N)C(N)=O)c(C)o1. The predicted octanol–water partition coefficient (Wildman–Crippen LogP) is 0.360. The van der Waals surface area contributed by atoms with Gasteiger partial charge in [0.15, 0.2) is 0 Å². The Hall–Kier alpha value is -1.33. The van der Waals surface area contributed by atoms with Gasteiger partial charge in [-0.2, -0.15) is 0 Å². The van der Waals surface area contributed by atoms with Gasteiger partial charge in [-0.15, -0.1) is 0 Å². The van der Waals surface area contributed by atoms with Gasteiger partial charge in [-0.3, -0.25) is 4.79 Å². The number of rotatable bonds is 5. The van der Waals surface area contributed by atoms with E-state index in [-0.39, 0.29) is 6.04 Å². The van der Waals surface area contributed by atoms with Crippen LogP contribution in [0.15, 0.2) is 10.5 Å². The van der Waals surface area contributed by atoms with E-state index in [1.165, 1.54) is 0 Å². The van der Waals surface area contributed by atoms with E-state index >= 15 is 0 Å². The van der Waals surface area contributed by atoms with Crippen molar-refractivity contribution in [2.24, 2.45) is 11.5 Å². The molecule has 1 aromatic heterocycles. The number of nitrogens with one attached hydrogen (secondary N) is 1. The van der Waals surface area contributed by atoms with E-state index in [0.29, 0.717) is 6.54 Å². The second-order valence-corrected chi connectivity index (χ2v) is 4.01. The fourth-order valence-corrected chi connectivity index (χ4v) is 1.59. The van der Waals surface area contributed by atoms with Crippen LogP contribution in [0, 0.1) is 13.8 Å². The fourth-order valence-electron chi connectivity index (χ4n) is 1.59. The molecule has 0 aromatic carbocycles. The van der Waals surface area contributed by atoms with Crippen molar-refractivity contribution in [1.29, 1.82) is 0 Å². The predicted molar refractivity (Wildman–Crippen MR) is 61.8 cm³/mol. The lowest BCUT2D eigenvalue weighted by Crippen LogP contribution is -2.44. The first-order chi connectivity index (χ1) is 7.41. The molecule has 5 N–H and O–H groups in total. The van der Waals surface area contributed by atoms with Crippen molar-refractivity contribution in [3.63, 3.8) is 0 Å². The molecule has 5 nitrogen and oxygen atoms in total. The van der Waals surface area contributed by atoms with Crippen LogP contribution in [0.4, 0.5) is 0 Å². The van der Waals surface area contributed by atoms with Gasteiger partial charge in [0.1, 0.15) is 11.5 Å². The summed E-state index contributed by atoms with van der Waals surface area (Å²) in [6.45, 7) is 6.16. The summed E-state index contributed by atoms with van der Waals surface area (Å²) in [7, 11) is 0. The van der Waals surface area contributed by atoms with Crippen molar-refractivity contribution >= 4 is 5.91 Å². The topological polar surface area (TPSA) is 94.3 Å². The number of nitrogens with two attached hydrogens (primary N) is 2. The third kappa shape index (κ3) is 3.08. The highest BCUT2D eigenvalue weighted by atomic mass is 16.3. The quantitative estimate of drug-likeness (QED) is 0.674. The maximum absolute atomic E-state index is 10.8. The minimum absolute atomic E-state index is 0.0860. The average Bonchev–Trinajstić information content (AvgIpc) is 2.53. The smallest absolute Gasteiger partial charge is 0.235 e. The first-order valence-electron chi connectivity index (χ1n) is 5.27. The Bertz CT molecular complexity index is 373. The number of hydrogen-bond acceptors (Lipinski definition) is 4. The zero-order valence-electron chi connectivity index (χ0n) is 9.91. The summed E-state index contributed by atoms with van der Waals surface area (Å²) in [6.07, 6.45) is 0. The second-order valence-electron chi connectivity index (χ2n) is 4.01. The Kier molecular flexibility index (Phi) is 4.09. The lowest BCUT2D eigenvalue weighted by molar-refractivity contribution is -0.119. The molecular formula is C11H19N3O2. The van der Waals surface area contributed by atoms with Crippen molar-refractivity contribution in [2.75, 3.05) is 6.54 Å². The van der Waals surface area contributed by atoms with Crippen LogP contribution in [-0.4, -0.2) is 18.5 Å². The third-order valence-corrected chi connectivity index (χ3v) is 2.56. The van der Waals surface area contributed by atoms with Crippen LogP contribution in [0.2, 0.25) is 0 Å². The molecule has 1 amide bonds. The fraction of sp³-hybridized carbons (Fsp3) is 0.545. The maximum atomic E-state index is 10.8. The van der Waals surface area contributed by atoms with Gasteiger partial charge < -0.3 is 21.2 Å². The molecule has 16 heavy (non-hydrogen) atoms. The average molecular weight is 225 g/mol. The molecule has 0 aliphatic carbocycles. The second kappa shape index (κ2) is 5.14. The van der Waals surface area contributed by atoms with Crippen molar-refractivity contribution in [3.8, 4) is 0 Å². The summed E-state index contributed by atoms with van der Waals surface area (Å²) >= 11 is 0. The van der Waals surface area contributed by atoms with Crippen LogP contribution in [0.5, 0.6) is 0 Å². The van der Waals surface area contributed by atoms with Crippen LogP contribution in [-0.2, 0) is 4.79 Å². The molecule has 90 valence electrons. The van der Waals surface area contributed by atoms with Gasteiger partial charge in [-0.05, 0) is 26.8 Å². The van der Waals surface area contributed by atoms with Crippen LogP contribution >= 0.6 is 0 Å². The number of amides is 1. The van der Waals surface area contributed by atoms with Crippen LogP contribution in [0.1, 0.15) is 30.0 Å². The molecule has 0 aliphatic heterocycles. The molecule has 0 fully saturated rings. The lowest BCUT2D eigenvalue weighted by Gasteiger charge is -2.15. The summed E-state index contributed by atoms with van der Waals surface area (Å²) < 4.78 is 5.43. The molecule has 2 unspecified atom stereocenters. The summed E-state index contributed by atoms with van der Waals surface area (Å²) in [6, 6.07) is 1.40. The summed E-state index contributed by atoms with van der Waals surface area (Å²) in [5.41, 5.74) is 11.7. The zero-order valence-corrected chi connectivity index (χ0v) is 9.91. The highest BCUT2D eigenvalue weighted by Crippen LogP contribution is 2.20. The molecule has 2 atom stereocenters. The van der Waals surface area contributed by atoms with Crippen molar-refractivity contribution < 1.29 is 9.21 Å². The van der Waals surface area contributed by atoms with Crippen LogP contribution in [0.3, 0.4) is 0 Å². The Balaban J connectivity index is 2.56. The normalized spacial score (nSPS) is 14.8. The Morgan fingerprint density at radius 1 is 1.56 bits per heavy atom. The molecule has 1 heterocycles. The van der Waals surface area contributed by atoms with Gasteiger partial charge in [0.25, 0.3) is 0 Å². The molecule has 0 radical (unpaired) electrons. The first-order valence-corrected chi connectivity index (χ1v) is 5.27. The molecule has 0 spiro atoms. The minimum Gasteiger partial charge on any atom is -0.466 e. The van der Waals surface area contributed by atoms with Gasteiger partial charge in [0.05, 0.1) is 6.04 Å². The third-order valence-electron chi connectivity index (χ3n) is 2.56. The summed E-state index contributed by atoms with van der Waals surface area (Å²) in [5.74, 6) is 1.25. The van der Waals surface area contributed by atoms with E-state index in [1.54, 1.807) is 0 Å². The van der Waals surface area contributed by atoms with Gasteiger partial charge in [-0.1, -0.05) is 0 Å². The number of aryl methyl sites for hydroxylation is 2. The number of carbonyl (C=O) groups excluding carboxylic acids is 1. The Labute approximate surface area is 95.2 Å². The largest absolute Gasteiger partial charge is 0.466 e. The van der Waals surface area contributed by atoms with Gasteiger partial charge >= 0.3 is 0 Å². The molecule has 0 bridgehead atoms. The molecule has 1 rings (SSSR count). The van der Waals surface area contributed by atoms with E-state index in [1.807, 2.05) is 26.8 Å². The molecule has 1 aromatic rings. The highest BCUT2D eigenvalue weighted by Gasteiger charge is 2.15. The van der Waals surface area contributed by atoms with E-state index in [9.17, 15) is 4.79 Å². The Morgan fingerprint density at radius 3 is 2.62 bits per heavy atom. The van der Waals surface area contributed by atoms with E-state index in [2.05, 4.69) is 5.32 Å². The lowest BCUT2D eigenvalue weighted by atomic mass is 10.1. The van der Waals surface area contributed by atoms with Crippen LogP contribution < -0.4 is 16.8 Å². The molecule has 0 aliphatic rings. The first kappa shape index (κ1) is 12.7. The highest BCUT2D eigenvalue weighted by molar-refractivity contribution is 5.79. The molecule has 0 saturated carbocycles. The molecular weight excluding hydrogens is 206 g/mol. The minimum atomic E-state index is -0.657. The molecule has 5 heteroatoms. The van der Waals surface area contributed by atoms with Gasteiger partial charge in [0, 0.05) is 18.2 Å². The number of furan rings is 1. The van der Waals surface area contributed by atoms with Crippen molar-refractivity contribution in [1.82, 2.24) is 5.32 Å². The Morgan fingerprint density at radius 2 is 2.19 bits per heavy atom. The number of hydrogen-bond donors (Lipinski definition) is 3. The van der Waals surface area contributed by atoms with Gasteiger partial charge in [0.2, 0.25) is 5.91 Å². The molecule has 0 saturated heterocycles. The zero-order chi connectivity index (χ0) is 12.3. The number of carbonyl (C=O) groups is 1. The summed E-state index contributed by atoms with van der Waals surface area (Å²) in [5, 5.41) is 3.15. The van der Waals surface area contributed by atoms with E-state index in [4.69, 9.17) is 15.9 Å². The van der Waals surface area contributed by atoms with E-state index in [0.717, 1.165) is 17.1 Å².